The number of carbonyl (C=O) groups is 1. The molecule has 0 N–H and O–H groups in total. The van der Waals surface area contributed by atoms with E-state index in [0.717, 1.165) is 5.56 Å². The van der Waals surface area contributed by atoms with Gasteiger partial charge >= 0.3 is 5.97 Å². The minimum Gasteiger partial charge on any atom is -0.468 e. The monoisotopic (exact) mass is 493 g/mol. The zero-order valence-electron chi connectivity index (χ0n) is 21.3. The number of halogens is 1. The molecule has 186 valence electrons. The lowest BCUT2D eigenvalue weighted by molar-refractivity contribution is -0.142. The van der Waals surface area contributed by atoms with Crippen LogP contribution in [0.2, 0.25) is 5.02 Å². The van der Waals surface area contributed by atoms with Gasteiger partial charge in [0.1, 0.15) is 0 Å². The number of carbonyl (C=O) groups excluding carboxylic acids is 1. The Bertz CT molecular complexity index is 1040. The molecule has 0 bridgehead atoms. The van der Waals surface area contributed by atoms with Gasteiger partial charge in [0.2, 0.25) is 0 Å². The fourth-order valence-electron chi connectivity index (χ4n) is 4.29. The van der Waals surface area contributed by atoms with Crippen molar-refractivity contribution >= 4 is 17.6 Å². The number of rotatable bonds is 10. The van der Waals surface area contributed by atoms with Gasteiger partial charge in [-0.2, -0.15) is 0 Å². The van der Waals surface area contributed by atoms with E-state index in [1.165, 1.54) is 23.8 Å². The van der Waals surface area contributed by atoms with Crippen LogP contribution in [0.5, 0.6) is 0 Å². The molecule has 1 atom stereocenters. The first-order valence-corrected chi connectivity index (χ1v) is 12.3. The number of hydrogen-bond acceptors (Lipinski definition) is 4. The Labute approximate surface area is 214 Å². The van der Waals surface area contributed by atoms with Crippen LogP contribution in [0.1, 0.15) is 48.9 Å². The van der Waals surface area contributed by atoms with Crippen LogP contribution in [-0.4, -0.2) is 44.2 Å². The highest BCUT2D eigenvalue weighted by Crippen LogP contribution is 2.32. The molecular formula is C30H36ClNO3. The van der Waals surface area contributed by atoms with E-state index in [0.29, 0.717) is 18.2 Å². The van der Waals surface area contributed by atoms with Gasteiger partial charge in [-0.3, -0.25) is 9.69 Å². The van der Waals surface area contributed by atoms with E-state index < -0.39 is 0 Å². The average molecular weight is 494 g/mol. The molecule has 0 heterocycles. The second kappa shape index (κ2) is 12.3. The quantitative estimate of drug-likeness (QED) is 0.304. The number of esters is 1. The molecule has 5 heteroatoms. The third-order valence-electron chi connectivity index (χ3n) is 6.26. The predicted octanol–water partition coefficient (Wildman–Crippen LogP) is 6.46. The topological polar surface area (TPSA) is 38.8 Å². The van der Waals surface area contributed by atoms with Crippen LogP contribution < -0.4 is 0 Å². The van der Waals surface area contributed by atoms with E-state index in [9.17, 15) is 4.79 Å². The van der Waals surface area contributed by atoms with E-state index >= 15 is 0 Å². The zero-order valence-corrected chi connectivity index (χ0v) is 22.1. The zero-order chi connectivity index (χ0) is 25.4. The number of nitrogens with zero attached hydrogens (tertiary/aromatic N) is 1. The average Bonchev–Trinajstić information content (AvgIpc) is 2.83. The molecule has 0 saturated carbocycles. The van der Waals surface area contributed by atoms with Crippen molar-refractivity contribution in [2.45, 2.75) is 44.8 Å². The molecule has 0 aromatic heterocycles. The molecule has 3 aromatic rings. The van der Waals surface area contributed by atoms with Crippen molar-refractivity contribution in [2.75, 3.05) is 27.3 Å². The largest absolute Gasteiger partial charge is 0.468 e. The number of ether oxygens (including phenoxy) is 2. The van der Waals surface area contributed by atoms with Crippen LogP contribution in [0.25, 0.3) is 0 Å². The number of likely N-dealkylation sites (N-methyl/N-ethyl adjacent to an activating group) is 1. The maximum Gasteiger partial charge on any atom is 0.319 e. The molecule has 4 nitrogen and oxygen atoms in total. The Morgan fingerprint density at radius 1 is 0.943 bits per heavy atom. The van der Waals surface area contributed by atoms with Gasteiger partial charge in [0.05, 0.1) is 26.9 Å². The van der Waals surface area contributed by atoms with Crippen LogP contribution in [0, 0.1) is 0 Å². The smallest absolute Gasteiger partial charge is 0.319 e. The molecule has 0 aliphatic carbocycles. The van der Waals surface area contributed by atoms with Crippen LogP contribution in [0.3, 0.4) is 0 Å². The number of benzene rings is 3. The van der Waals surface area contributed by atoms with E-state index in [-0.39, 0.29) is 29.9 Å². The third-order valence-corrected chi connectivity index (χ3v) is 6.47. The van der Waals surface area contributed by atoms with E-state index in [2.05, 4.69) is 51.1 Å². The van der Waals surface area contributed by atoms with Crippen LogP contribution in [-0.2, 0) is 26.3 Å². The van der Waals surface area contributed by atoms with Crippen LogP contribution in [0.15, 0.2) is 78.9 Å². The molecule has 0 aliphatic rings. The van der Waals surface area contributed by atoms with E-state index in [1.54, 1.807) is 0 Å². The summed E-state index contributed by atoms with van der Waals surface area (Å²) < 4.78 is 11.3. The highest BCUT2D eigenvalue weighted by Gasteiger charge is 2.30. The first-order chi connectivity index (χ1) is 16.7. The maximum atomic E-state index is 12.2. The van der Waals surface area contributed by atoms with Gasteiger partial charge in [0, 0.05) is 17.0 Å². The molecule has 0 unspecified atom stereocenters. The summed E-state index contributed by atoms with van der Waals surface area (Å²) in [5.74, 6) is -0.265. The Morgan fingerprint density at radius 3 is 2.03 bits per heavy atom. The van der Waals surface area contributed by atoms with Gasteiger partial charge in [-0.25, -0.2) is 0 Å². The number of hydrogen-bond donors (Lipinski definition) is 0. The summed E-state index contributed by atoms with van der Waals surface area (Å²) in [5, 5.41) is 0.710. The molecular weight excluding hydrogens is 458 g/mol. The highest BCUT2D eigenvalue weighted by molar-refractivity contribution is 6.30. The van der Waals surface area contributed by atoms with Gasteiger partial charge < -0.3 is 9.47 Å². The van der Waals surface area contributed by atoms with Gasteiger partial charge in [-0.15, -0.1) is 0 Å². The first kappa shape index (κ1) is 26.9. The van der Waals surface area contributed by atoms with Gasteiger partial charge in [-0.05, 0) is 46.8 Å². The molecule has 35 heavy (non-hydrogen) atoms. The van der Waals surface area contributed by atoms with Crippen molar-refractivity contribution in [1.82, 2.24) is 4.90 Å². The lowest BCUT2D eigenvalue weighted by Crippen LogP contribution is -2.43. The number of methoxy groups -OCH3 is 1. The Hall–Kier alpha value is -2.66. The molecule has 0 aliphatic heterocycles. The van der Waals surface area contributed by atoms with Crippen LogP contribution in [0.4, 0.5) is 0 Å². The fourth-order valence-corrected chi connectivity index (χ4v) is 4.54. The Kier molecular flexibility index (Phi) is 9.50. The maximum absolute atomic E-state index is 12.2. The SMILES string of the molecule is COC(=O)CN(C)[C@H](COCc1cc(Cl)cc(C(C)(C)C)c1)C(c1ccccc1)c1ccccc1. The second-order valence-electron chi connectivity index (χ2n) is 9.97. The standard InChI is InChI=1S/C30H36ClNO3/c1-30(2,3)25-16-22(17-26(31)18-25)20-35-21-27(32(4)19-28(33)34-5)29(23-12-8-6-9-13-23)24-14-10-7-11-15-24/h6-18,27,29H,19-21H2,1-5H3/t27-/m1/s1. The molecule has 0 radical (unpaired) electrons. The van der Waals surface area contributed by atoms with Crippen LogP contribution >= 0.6 is 11.6 Å². The summed E-state index contributed by atoms with van der Waals surface area (Å²) in [5.41, 5.74) is 4.54. The fraction of sp³-hybridized carbons (Fsp3) is 0.367. The second-order valence-corrected chi connectivity index (χ2v) is 10.4. The van der Waals surface area contributed by atoms with Crippen molar-refractivity contribution in [1.29, 1.82) is 0 Å². The third kappa shape index (κ3) is 7.66. The van der Waals surface area contributed by atoms with Crippen molar-refractivity contribution in [3.05, 3.63) is 106 Å². The minimum absolute atomic E-state index is 0.00533. The lowest BCUT2D eigenvalue weighted by atomic mass is 9.84. The normalized spacial score (nSPS) is 12.7. The Balaban J connectivity index is 1.89. The lowest BCUT2D eigenvalue weighted by Gasteiger charge is -2.35. The molecule has 3 rings (SSSR count). The predicted molar refractivity (Wildman–Crippen MR) is 143 cm³/mol. The molecule has 0 spiro atoms. The van der Waals surface area contributed by atoms with Gasteiger partial charge in [-0.1, -0.05) is 99.1 Å². The van der Waals surface area contributed by atoms with Gasteiger partial charge in [0.25, 0.3) is 0 Å². The minimum atomic E-state index is -0.276. The molecule has 0 amide bonds. The molecule has 0 fully saturated rings. The Morgan fingerprint density at radius 2 is 1.51 bits per heavy atom. The summed E-state index contributed by atoms with van der Waals surface area (Å²) in [4.78, 5) is 14.2. The summed E-state index contributed by atoms with van der Waals surface area (Å²) >= 11 is 6.42. The van der Waals surface area contributed by atoms with E-state index in [4.69, 9.17) is 21.1 Å². The molecule has 3 aromatic carbocycles. The van der Waals surface area contributed by atoms with E-state index in [1.807, 2.05) is 60.5 Å². The highest BCUT2D eigenvalue weighted by atomic mass is 35.5. The molecule has 0 saturated heterocycles. The van der Waals surface area contributed by atoms with Crippen molar-refractivity contribution in [2.24, 2.45) is 0 Å². The van der Waals surface area contributed by atoms with Crippen molar-refractivity contribution < 1.29 is 14.3 Å². The van der Waals surface area contributed by atoms with Gasteiger partial charge in [0.15, 0.2) is 0 Å². The summed E-state index contributed by atoms with van der Waals surface area (Å²) in [6.07, 6.45) is 0. The van der Waals surface area contributed by atoms with Crippen molar-refractivity contribution in [3.8, 4) is 0 Å². The first-order valence-electron chi connectivity index (χ1n) is 11.9. The van der Waals surface area contributed by atoms with Crippen molar-refractivity contribution in [3.63, 3.8) is 0 Å². The summed E-state index contributed by atoms with van der Waals surface area (Å²) in [7, 11) is 3.36. The summed E-state index contributed by atoms with van der Waals surface area (Å²) in [6.45, 7) is 7.55. The summed E-state index contributed by atoms with van der Waals surface area (Å²) in [6, 6.07) is 26.8.